The number of piperazine rings is 1. The van der Waals surface area contributed by atoms with E-state index in [9.17, 15) is 12.8 Å². The van der Waals surface area contributed by atoms with E-state index in [1.807, 2.05) is 6.07 Å². The first kappa shape index (κ1) is 20.0. The second-order valence-corrected chi connectivity index (χ2v) is 9.11. The van der Waals surface area contributed by atoms with E-state index < -0.39 is 10.0 Å². The number of anilines is 2. The molecule has 0 spiro atoms. The van der Waals surface area contributed by atoms with Gasteiger partial charge in [-0.15, -0.1) is 5.10 Å². The molecule has 0 N–H and O–H groups in total. The fourth-order valence-corrected chi connectivity index (χ4v) is 5.09. The lowest BCUT2D eigenvalue weighted by Gasteiger charge is -2.35. The van der Waals surface area contributed by atoms with Crippen molar-refractivity contribution in [1.29, 1.82) is 0 Å². The standard InChI is InChI=1S/C19H24FN5O3S/c20-17-3-1-16(2-4-17)15-29(26,27)25-7-5-24(6-8-25)19-13-18(14-21-22-19)23-9-11-28-12-10-23/h1-4,13-14H,5-12,15H2. The summed E-state index contributed by atoms with van der Waals surface area (Å²) >= 11 is 0. The van der Waals surface area contributed by atoms with Crippen molar-refractivity contribution in [1.82, 2.24) is 14.5 Å². The maximum Gasteiger partial charge on any atom is 0.218 e. The number of aromatic nitrogens is 2. The summed E-state index contributed by atoms with van der Waals surface area (Å²) in [5, 5.41) is 8.36. The zero-order valence-corrected chi connectivity index (χ0v) is 16.9. The highest BCUT2D eigenvalue weighted by atomic mass is 32.2. The molecule has 3 heterocycles. The van der Waals surface area contributed by atoms with Gasteiger partial charge in [0.25, 0.3) is 0 Å². The lowest BCUT2D eigenvalue weighted by molar-refractivity contribution is 0.122. The van der Waals surface area contributed by atoms with Gasteiger partial charge in [-0.1, -0.05) is 12.1 Å². The molecule has 29 heavy (non-hydrogen) atoms. The average Bonchev–Trinajstić information content (AvgIpc) is 2.76. The minimum atomic E-state index is -3.45. The highest BCUT2D eigenvalue weighted by molar-refractivity contribution is 7.88. The second-order valence-electron chi connectivity index (χ2n) is 7.14. The monoisotopic (exact) mass is 421 g/mol. The largest absolute Gasteiger partial charge is 0.378 e. The second kappa shape index (κ2) is 8.60. The molecule has 4 rings (SSSR count). The first-order valence-corrected chi connectivity index (χ1v) is 11.2. The summed E-state index contributed by atoms with van der Waals surface area (Å²) in [4.78, 5) is 4.27. The number of benzene rings is 1. The summed E-state index contributed by atoms with van der Waals surface area (Å²) in [6.07, 6.45) is 1.75. The third-order valence-electron chi connectivity index (χ3n) is 5.22. The zero-order valence-electron chi connectivity index (χ0n) is 16.1. The number of nitrogens with zero attached hydrogens (tertiary/aromatic N) is 5. The Hall–Kier alpha value is -2.30. The molecule has 8 nitrogen and oxygen atoms in total. The van der Waals surface area contributed by atoms with E-state index in [0.29, 0.717) is 45.0 Å². The maximum absolute atomic E-state index is 13.0. The van der Waals surface area contributed by atoms with Crippen LogP contribution in [0.4, 0.5) is 15.9 Å². The molecule has 156 valence electrons. The lowest BCUT2D eigenvalue weighted by Crippen LogP contribution is -2.49. The van der Waals surface area contributed by atoms with Crippen molar-refractivity contribution in [3.05, 3.63) is 47.9 Å². The number of rotatable bonds is 5. The van der Waals surface area contributed by atoms with Gasteiger partial charge in [0.15, 0.2) is 5.82 Å². The number of morpholine rings is 1. The van der Waals surface area contributed by atoms with E-state index >= 15 is 0 Å². The van der Waals surface area contributed by atoms with Crippen molar-refractivity contribution in [3.8, 4) is 0 Å². The topological polar surface area (TPSA) is 78.9 Å². The number of hydrogen-bond donors (Lipinski definition) is 0. The van der Waals surface area contributed by atoms with Crippen molar-refractivity contribution in [2.75, 3.05) is 62.3 Å². The van der Waals surface area contributed by atoms with Gasteiger partial charge in [-0.25, -0.2) is 12.8 Å². The molecule has 0 amide bonds. The van der Waals surface area contributed by atoms with Gasteiger partial charge in [-0.2, -0.15) is 9.40 Å². The molecule has 2 fully saturated rings. The van der Waals surface area contributed by atoms with E-state index in [2.05, 4.69) is 20.0 Å². The fraction of sp³-hybridized carbons (Fsp3) is 0.474. The van der Waals surface area contributed by atoms with Crippen molar-refractivity contribution >= 4 is 21.5 Å². The zero-order chi connectivity index (χ0) is 20.3. The van der Waals surface area contributed by atoms with E-state index in [0.717, 1.165) is 24.6 Å². The summed E-state index contributed by atoms with van der Waals surface area (Å²) in [6, 6.07) is 7.58. The van der Waals surface area contributed by atoms with Gasteiger partial charge < -0.3 is 14.5 Å². The van der Waals surface area contributed by atoms with Gasteiger partial charge in [0.05, 0.1) is 30.9 Å². The number of ether oxygens (including phenoxy) is 1. The van der Waals surface area contributed by atoms with E-state index in [4.69, 9.17) is 4.74 Å². The molecule has 2 aliphatic heterocycles. The Labute approximate surface area is 169 Å². The molecule has 0 aliphatic carbocycles. The van der Waals surface area contributed by atoms with Crippen molar-refractivity contribution < 1.29 is 17.5 Å². The molecule has 2 saturated heterocycles. The summed E-state index contributed by atoms with van der Waals surface area (Å²) < 4.78 is 45.3. The van der Waals surface area contributed by atoms with Crippen LogP contribution in [0.15, 0.2) is 36.5 Å². The Morgan fingerprint density at radius 2 is 1.66 bits per heavy atom. The molecule has 0 radical (unpaired) electrons. The maximum atomic E-state index is 13.0. The van der Waals surface area contributed by atoms with Crippen molar-refractivity contribution in [3.63, 3.8) is 0 Å². The smallest absolute Gasteiger partial charge is 0.218 e. The van der Waals surface area contributed by atoms with Gasteiger partial charge in [-0.3, -0.25) is 0 Å². The minimum absolute atomic E-state index is 0.125. The van der Waals surface area contributed by atoms with Gasteiger partial charge >= 0.3 is 0 Å². The third kappa shape index (κ3) is 4.82. The van der Waals surface area contributed by atoms with Crippen LogP contribution in [-0.2, 0) is 20.5 Å². The van der Waals surface area contributed by atoms with E-state index in [1.54, 1.807) is 6.20 Å². The molecule has 10 heteroatoms. The normalized spacial score (nSPS) is 18.8. The van der Waals surface area contributed by atoms with E-state index in [-0.39, 0.29) is 11.6 Å². The van der Waals surface area contributed by atoms with Crippen LogP contribution >= 0.6 is 0 Å². The lowest BCUT2D eigenvalue weighted by atomic mass is 10.2. The molecule has 0 atom stereocenters. The summed E-state index contributed by atoms with van der Waals surface area (Å²) in [5.41, 5.74) is 1.59. The van der Waals surface area contributed by atoms with Gasteiger partial charge in [0.1, 0.15) is 5.82 Å². The van der Waals surface area contributed by atoms with E-state index in [1.165, 1.54) is 28.6 Å². The average molecular weight is 421 g/mol. The molecule has 2 aliphatic rings. The van der Waals surface area contributed by atoms with Gasteiger partial charge in [0.2, 0.25) is 10.0 Å². The SMILES string of the molecule is O=S(=O)(Cc1ccc(F)cc1)N1CCN(c2cc(N3CCOCC3)cnn2)CC1. The molecular weight excluding hydrogens is 397 g/mol. The summed E-state index contributed by atoms with van der Waals surface area (Å²) in [5.74, 6) is 0.254. The fourth-order valence-electron chi connectivity index (χ4n) is 3.57. The van der Waals surface area contributed by atoms with Gasteiger partial charge in [-0.05, 0) is 17.7 Å². The Balaban J connectivity index is 1.38. The number of sulfonamides is 1. The Bertz CT molecular complexity index is 927. The molecule has 1 aromatic carbocycles. The Kier molecular flexibility index (Phi) is 5.93. The van der Waals surface area contributed by atoms with Crippen LogP contribution in [0.2, 0.25) is 0 Å². The van der Waals surface area contributed by atoms with Crippen LogP contribution in [-0.4, -0.2) is 75.4 Å². The summed E-state index contributed by atoms with van der Waals surface area (Å²) in [7, 11) is -3.45. The molecule has 0 unspecified atom stereocenters. The quantitative estimate of drug-likeness (QED) is 0.715. The molecule has 2 aromatic rings. The first-order valence-electron chi connectivity index (χ1n) is 9.64. The molecular formula is C19H24FN5O3S. The van der Waals surface area contributed by atoms with Crippen LogP contribution in [0.5, 0.6) is 0 Å². The van der Waals surface area contributed by atoms with Crippen LogP contribution < -0.4 is 9.80 Å². The van der Waals surface area contributed by atoms with Crippen molar-refractivity contribution in [2.45, 2.75) is 5.75 Å². The predicted molar refractivity (Wildman–Crippen MR) is 108 cm³/mol. The number of halogens is 1. The van der Waals surface area contributed by atoms with Crippen LogP contribution in [0.3, 0.4) is 0 Å². The van der Waals surface area contributed by atoms with Crippen LogP contribution in [0, 0.1) is 5.82 Å². The third-order valence-corrected chi connectivity index (χ3v) is 7.07. The highest BCUT2D eigenvalue weighted by Gasteiger charge is 2.28. The Morgan fingerprint density at radius 3 is 2.34 bits per heavy atom. The van der Waals surface area contributed by atoms with Crippen molar-refractivity contribution in [2.24, 2.45) is 0 Å². The molecule has 1 aromatic heterocycles. The Morgan fingerprint density at radius 1 is 0.966 bits per heavy atom. The molecule has 0 bridgehead atoms. The summed E-state index contributed by atoms with van der Waals surface area (Å²) in [6.45, 7) is 4.89. The highest BCUT2D eigenvalue weighted by Crippen LogP contribution is 2.22. The first-order chi connectivity index (χ1) is 14.0. The minimum Gasteiger partial charge on any atom is -0.378 e. The van der Waals surface area contributed by atoms with Crippen LogP contribution in [0.25, 0.3) is 0 Å². The predicted octanol–water partition coefficient (Wildman–Crippen LogP) is 1.10. The van der Waals surface area contributed by atoms with Gasteiger partial charge in [0, 0.05) is 45.3 Å². The number of hydrogen-bond acceptors (Lipinski definition) is 7. The van der Waals surface area contributed by atoms with Crippen LogP contribution in [0.1, 0.15) is 5.56 Å². The molecule has 0 saturated carbocycles.